The molecule has 0 saturated heterocycles. The Morgan fingerprint density at radius 1 is 0.800 bits per heavy atom. The van der Waals surface area contributed by atoms with Gasteiger partial charge in [-0.3, -0.25) is 4.98 Å². The number of pyridine rings is 1. The first kappa shape index (κ1) is 11.2. The Morgan fingerprint density at radius 3 is 2.60 bits per heavy atom. The minimum Gasteiger partial charge on any atom is -0.256 e. The van der Waals surface area contributed by atoms with Crippen molar-refractivity contribution in [2.24, 2.45) is 0 Å². The molecule has 0 aliphatic carbocycles. The Balaban J connectivity index is 1.99. The Bertz CT molecular complexity index is 895. The van der Waals surface area contributed by atoms with Crippen molar-refractivity contribution in [1.29, 1.82) is 0 Å². The zero-order chi connectivity index (χ0) is 13.4. The van der Waals surface area contributed by atoms with Gasteiger partial charge in [0.05, 0.1) is 5.52 Å². The van der Waals surface area contributed by atoms with Gasteiger partial charge >= 0.3 is 0 Å². The van der Waals surface area contributed by atoms with Crippen molar-refractivity contribution in [3.63, 3.8) is 0 Å². The fourth-order valence-corrected chi connectivity index (χ4v) is 2.61. The Hall–Kier alpha value is -2.67. The van der Waals surface area contributed by atoms with Crippen LogP contribution < -0.4 is 0 Å². The van der Waals surface area contributed by atoms with Crippen LogP contribution in [0.15, 0.2) is 72.9 Å². The van der Waals surface area contributed by atoms with E-state index in [1.165, 1.54) is 21.7 Å². The highest BCUT2D eigenvalue weighted by atomic mass is 14.6. The van der Waals surface area contributed by atoms with E-state index in [1.807, 2.05) is 36.5 Å². The molecule has 4 rings (SSSR count). The average Bonchev–Trinajstić information content (AvgIpc) is 2.55. The van der Waals surface area contributed by atoms with Gasteiger partial charge in [0.1, 0.15) is 0 Å². The van der Waals surface area contributed by atoms with Crippen molar-refractivity contribution in [2.75, 3.05) is 0 Å². The number of benzene rings is 3. The number of rotatable bonds is 1. The van der Waals surface area contributed by atoms with Crippen molar-refractivity contribution in [3.8, 4) is 11.1 Å². The van der Waals surface area contributed by atoms with Gasteiger partial charge in [-0.2, -0.15) is 0 Å². The van der Waals surface area contributed by atoms with Crippen LogP contribution in [0.3, 0.4) is 0 Å². The quantitative estimate of drug-likeness (QED) is 0.442. The van der Waals surface area contributed by atoms with Gasteiger partial charge in [-0.15, -0.1) is 0 Å². The summed E-state index contributed by atoms with van der Waals surface area (Å²) in [6, 6.07) is 26.1. The molecule has 20 heavy (non-hydrogen) atoms. The van der Waals surface area contributed by atoms with Crippen LogP contribution in [0, 0.1) is 6.07 Å². The highest BCUT2D eigenvalue weighted by Crippen LogP contribution is 2.28. The van der Waals surface area contributed by atoms with Gasteiger partial charge in [0.15, 0.2) is 0 Å². The smallest absolute Gasteiger partial charge is 0.0708 e. The number of hydrogen-bond donors (Lipinski definition) is 0. The molecule has 0 saturated carbocycles. The summed E-state index contributed by atoms with van der Waals surface area (Å²) in [5.41, 5.74) is 3.33. The molecular formula is C19H12N. The zero-order valence-electron chi connectivity index (χ0n) is 10.9. The normalized spacial score (nSPS) is 11.0. The molecule has 0 fully saturated rings. The highest BCUT2D eigenvalue weighted by molar-refractivity contribution is 6.06. The topological polar surface area (TPSA) is 12.9 Å². The molecule has 0 atom stereocenters. The summed E-state index contributed by atoms with van der Waals surface area (Å²) in [4.78, 5) is 4.53. The van der Waals surface area contributed by atoms with E-state index in [-0.39, 0.29) is 0 Å². The number of aromatic nitrogens is 1. The molecule has 0 unspecified atom stereocenters. The first-order chi connectivity index (χ1) is 9.92. The molecule has 4 aromatic rings. The highest BCUT2D eigenvalue weighted by Gasteiger charge is 2.03. The van der Waals surface area contributed by atoms with Crippen LogP contribution in [-0.2, 0) is 0 Å². The first-order valence-corrected chi connectivity index (χ1v) is 6.66. The molecule has 0 spiro atoms. The lowest BCUT2D eigenvalue weighted by molar-refractivity contribution is 1.44. The molecule has 1 aromatic heterocycles. The molecule has 1 heteroatoms. The minimum atomic E-state index is 1.04. The van der Waals surface area contributed by atoms with Crippen molar-refractivity contribution >= 4 is 21.7 Å². The molecule has 1 nitrogen and oxygen atoms in total. The third kappa shape index (κ3) is 1.76. The van der Waals surface area contributed by atoms with Crippen molar-refractivity contribution < 1.29 is 0 Å². The maximum atomic E-state index is 4.53. The summed E-state index contributed by atoms with van der Waals surface area (Å²) in [6.07, 6.45) is 1.95. The monoisotopic (exact) mass is 254 g/mol. The molecule has 3 aromatic carbocycles. The maximum Gasteiger partial charge on any atom is 0.0708 e. The third-order valence-corrected chi connectivity index (χ3v) is 3.61. The van der Waals surface area contributed by atoms with Gasteiger partial charge in [-0.1, -0.05) is 54.6 Å². The fourth-order valence-electron chi connectivity index (χ4n) is 2.61. The predicted molar refractivity (Wildman–Crippen MR) is 83.5 cm³/mol. The molecule has 0 aliphatic heterocycles. The van der Waals surface area contributed by atoms with Gasteiger partial charge in [0.2, 0.25) is 0 Å². The lowest BCUT2D eigenvalue weighted by atomic mass is 10.0. The van der Waals surface area contributed by atoms with E-state index in [0.29, 0.717) is 0 Å². The molecule has 1 heterocycles. The van der Waals surface area contributed by atoms with E-state index in [9.17, 15) is 0 Å². The summed E-state index contributed by atoms with van der Waals surface area (Å²) in [7, 11) is 0. The van der Waals surface area contributed by atoms with Gasteiger partial charge in [0, 0.05) is 17.0 Å². The maximum absolute atomic E-state index is 4.53. The zero-order valence-corrected chi connectivity index (χ0v) is 10.9. The molecule has 93 valence electrons. The van der Waals surface area contributed by atoms with E-state index in [4.69, 9.17) is 0 Å². The van der Waals surface area contributed by atoms with Gasteiger partial charge in [0.25, 0.3) is 0 Å². The summed E-state index contributed by atoms with van der Waals surface area (Å²) >= 11 is 0. The Kier molecular flexibility index (Phi) is 2.49. The Morgan fingerprint density at radius 2 is 1.70 bits per heavy atom. The van der Waals surface area contributed by atoms with Gasteiger partial charge < -0.3 is 0 Å². The minimum absolute atomic E-state index is 1.04. The number of nitrogens with zero attached hydrogens (tertiary/aromatic N) is 1. The second-order valence-corrected chi connectivity index (χ2v) is 4.85. The van der Waals surface area contributed by atoms with Crippen LogP contribution in [0.25, 0.3) is 32.8 Å². The van der Waals surface area contributed by atoms with E-state index in [0.717, 1.165) is 11.1 Å². The second kappa shape index (κ2) is 4.46. The van der Waals surface area contributed by atoms with Crippen molar-refractivity contribution in [2.45, 2.75) is 0 Å². The molecule has 0 N–H and O–H groups in total. The summed E-state index contributed by atoms with van der Waals surface area (Å²) in [5, 5.41) is 3.61. The van der Waals surface area contributed by atoms with Crippen LogP contribution >= 0.6 is 0 Å². The van der Waals surface area contributed by atoms with E-state index >= 15 is 0 Å². The standard InChI is InChI=1S/C19H12N/c1-2-6-14(7-3-1)15-10-11-17-16(12-15)13-20-19-9-5-4-8-18(17)19/h1-6,8-13H. The molecule has 1 radical (unpaired) electrons. The van der Waals surface area contributed by atoms with Crippen LogP contribution in [0.2, 0.25) is 0 Å². The number of fused-ring (bicyclic) bond motifs is 3. The average molecular weight is 254 g/mol. The Labute approximate surface area is 117 Å². The van der Waals surface area contributed by atoms with Crippen LogP contribution in [0.4, 0.5) is 0 Å². The molecular weight excluding hydrogens is 242 g/mol. The summed E-state index contributed by atoms with van der Waals surface area (Å²) in [5.74, 6) is 0. The largest absolute Gasteiger partial charge is 0.256 e. The van der Waals surface area contributed by atoms with Crippen molar-refractivity contribution in [1.82, 2.24) is 4.98 Å². The SMILES string of the molecule is [c]1ccccc1-c1ccc2c(cnc3ccccc32)c1. The van der Waals surface area contributed by atoms with E-state index in [1.54, 1.807) is 0 Å². The molecule has 0 bridgehead atoms. The van der Waals surface area contributed by atoms with E-state index in [2.05, 4.69) is 47.4 Å². The van der Waals surface area contributed by atoms with E-state index < -0.39 is 0 Å². The molecule has 0 aliphatic rings. The predicted octanol–water partition coefficient (Wildman–Crippen LogP) is 4.86. The molecule has 0 amide bonds. The van der Waals surface area contributed by atoms with Gasteiger partial charge in [-0.25, -0.2) is 0 Å². The lowest BCUT2D eigenvalue weighted by Gasteiger charge is -2.06. The summed E-state index contributed by atoms with van der Waals surface area (Å²) in [6.45, 7) is 0. The fraction of sp³-hybridized carbons (Fsp3) is 0. The number of para-hydroxylation sites is 1. The van der Waals surface area contributed by atoms with Crippen LogP contribution in [-0.4, -0.2) is 4.98 Å². The lowest BCUT2D eigenvalue weighted by Crippen LogP contribution is -1.83. The van der Waals surface area contributed by atoms with Crippen LogP contribution in [0.5, 0.6) is 0 Å². The van der Waals surface area contributed by atoms with Gasteiger partial charge in [-0.05, 0) is 34.7 Å². The second-order valence-electron chi connectivity index (χ2n) is 4.85. The summed E-state index contributed by atoms with van der Waals surface area (Å²) < 4.78 is 0. The third-order valence-electron chi connectivity index (χ3n) is 3.61. The van der Waals surface area contributed by atoms with Crippen molar-refractivity contribution in [3.05, 3.63) is 79.0 Å². The van der Waals surface area contributed by atoms with Crippen LogP contribution in [0.1, 0.15) is 0 Å². The first-order valence-electron chi connectivity index (χ1n) is 6.66. The number of hydrogen-bond acceptors (Lipinski definition) is 1.